The first-order chi connectivity index (χ1) is 5.77. The van der Waals surface area contributed by atoms with E-state index in [9.17, 15) is 4.79 Å². The van der Waals surface area contributed by atoms with Gasteiger partial charge in [0.05, 0.1) is 0 Å². The van der Waals surface area contributed by atoms with Crippen LogP contribution >= 0.6 is 0 Å². The number of nitrogens with one attached hydrogen (secondary N) is 1. The van der Waals surface area contributed by atoms with Crippen molar-refractivity contribution >= 4 is 54.9 Å². The molecule has 2 heterocycles. The summed E-state index contributed by atoms with van der Waals surface area (Å²) in [5.41, 5.74) is 5.38. The van der Waals surface area contributed by atoms with Crippen LogP contribution in [0.25, 0.3) is 11.2 Å². The molecule has 0 saturated carbocycles. The number of fused-ring (bicyclic) bond motifs is 1. The quantitative estimate of drug-likeness (QED) is 0.530. The van der Waals surface area contributed by atoms with Crippen LogP contribution in [-0.2, 0) is 0 Å². The van der Waals surface area contributed by atoms with Gasteiger partial charge in [-0.25, -0.2) is 9.97 Å². The number of nitrogens with two attached hydrogens (primary N) is 1. The topological polar surface area (TPSA) is 97.5 Å². The van der Waals surface area contributed by atoms with Crippen LogP contribution in [0.2, 0.25) is 0 Å². The van der Waals surface area contributed by atoms with Crippen molar-refractivity contribution in [3.8, 4) is 0 Å². The van der Waals surface area contributed by atoms with Crippen molar-refractivity contribution in [3.05, 3.63) is 22.7 Å². The van der Waals surface area contributed by atoms with Crippen molar-refractivity contribution in [1.29, 1.82) is 0 Å². The van der Waals surface area contributed by atoms with Gasteiger partial charge in [-0.05, 0) is 0 Å². The van der Waals surface area contributed by atoms with E-state index in [1.807, 2.05) is 0 Å². The maximum Gasteiger partial charge on any atom is 0.280 e. The van der Waals surface area contributed by atoms with Gasteiger partial charge in [0.25, 0.3) is 5.56 Å². The van der Waals surface area contributed by atoms with Gasteiger partial charge in [-0.15, -0.1) is 0 Å². The Bertz CT molecular complexity index is 482. The first kappa shape index (κ1) is 10.4. The SMILES string of the molecule is Nc1nc2nccnc2c(=O)[nH]1.[Ca]. The second-order valence-electron chi connectivity index (χ2n) is 2.18. The van der Waals surface area contributed by atoms with Crippen molar-refractivity contribution in [2.45, 2.75) is 0 Å². The number of anilines is 1. The standard InChI is InChI=1S/C6H5N5O.Ca/c7-6-10-4-3(5(12)11-6)8-1-2-9-4;/h1-2H,(H3,7,9,10,11,12);. The smallest absolute Gasteiger partial charge is 0.280 e. The molecule has 2 radical (unpaired) electrons. The second-order valence-corrected chi connectivity index (χ2v) is 2.18. The van der Waals surface area contributed by atoms with Crippen molar-refractivity contribution in [2.24, 2.45) is 0 Å². The third-order valence-corrected chi connectivity index (χ3v) is 1.36. The first-order valence-electron chi connectivity index (χ1n) is 3.24. The molecule has 0 saturated heterocycles. The monoisotopic (exact) mass is 203 g/mol. The third-order valence-electron chi connectivity index (χ3n) is 1.36. The number of hydrogen-bond acceptors (Lipinski definition) is 5. The van der Waals surface area contributed by atoms with E-state index in [-0.39, 0.29) is 60.4 Å². The Morgan fingerprint density at radius 3 is 2.77 bits per heavy atom. The average Bonchev–Trinajstić information content (AvgIpc) is 2.04. The van der Waals surface area contributed by atoms with E-state index in [0.29, 0.717) is 0 Å². The Kier molecular flexibility index (Phi) is 3.18. The summed E-state index contributed by atoms with van der Waals surface area (Å²) in [6.45, 7) is 0. The normalized spacial score (nSPS) is 9.54. The van der Waals surface area contributed by atoms with Crippen LogP contribution in [0.5, 0.6) is 0 Å². The molecule has 0 fully saturated rings. The zero-order valence-electron chi connectivity index (χ0n) is 6.69. The zero-order valence-corrected chi connectivity index (χ0v) is 8.90. The number of aromatic amines is 1. The number of hydrogen-bond donors (Lipinski definition) is 2. The molecule has 0 aliphatic heterocycles. The molecule has 0 unspecified atom stereocenters. The van der Waals surface area contributed by atoms with E-state index in [0.717, 1.165) is 0 Å². The van der Waals surface area contributed by atoms with Crippen LogP contribution in [0.3, 0.4) is 0 Å². The van der Waals surface area contributed by atoms with Gasteiger partial charge in [0.15, 0.2) is 11.2 Å². The minimum Gasteiger partial charge on any atom is -0.369 e. The summed E-state index contributed by atoms with van der Waals surface area (Å²) >= 11 is 0. The van der Waals surface area contributed by atoms with E-state index in [1.54, 1.807) is 0 Å². The summed E-state index contributed by atoms with van der Waals surface area (Å²) in [6.07, 6.45) is 2.88. The number of nitrogen functional groups attached to an aromatic ring is 1. The maximum atomic E-state index is 11.1. The molecule has 6 nitrogen and oxygen atoms in total. The number of aromatic nitrogens is 4. The molecular weight excluding hydrogens is 198 g/mol. The molecule has 0 aliphatic rings. The Labute approximate surface area is 103 Å². The molecule has 0 aliphatic carbocycles. The molecule has 0 amide bonds. The Hall–Kier alpha value is -0.720. The van der Waals surface area contributed by atoms with E-state index in [2.05, 4.69) is 19.9 Å². The molecule has 0 atom stereocenters. The van der Waals surface area contributed by atoms with E-state index >= 15 is 0 Å². The van der Waals surface area contributed by atoms with Crippen LogP contribution < -0.4 is 11.3 Å². The zero-order chi connectivity index (χ0) is 8.55. The van der Waals surface area contributed by atoms with Crippen LogP contribution in [0.1, 0.15) is 0 Å². The Morgan fingerprint density at radius 1 is 1.31 bits per heavy atom. The minimum atomic E-state index is -0.370. The first-order valence-corrected chi connectivity index (χ1v) is 3.24. The number of H-pyrrole nitrogens is 1. The van der Waals surface area contributed by atoms with Gasteiger partial charge >= 0.3 is 0 Å². The summed E-state index contributed by atoms with van der Waals surface area (Å²) < 4.78 is 0. The summed E-state index contributed by atoms with van der Waals surface area (Å²) in [4.78, 5) is 24.9. The van der Waals surface area contributed by atoms with Crippen molar-refractivity contribution in [2.75, 3.05) is 5.73 Å². The Balaban J connectivity index is 0.000000845. The van der Waals surface area contributed by atoms with Crippen LogP contribution in [0.4, 0.5) is 5.95 Å². The van der Waals surface area contributed by atoms with Gasteiger partial charge in [-0.3, -0.25) is 9.78 Å². The predicted molar refractivity (Wildman–Crippen MR) is 48.1 cm³/mol. The van der Waals surface area contributed by atoms with E-state index < -0.39 is 0 Å². The molecule has 2 rings (SSSR count). The largest absolute Gasteiger partial charge is 0.369 e. The van der Waals surface area contributed by atoms with Crippen molar-refractivity contribution < 1.29 is 0 Å². The number of nitrogens with zero attached hydrogens (tertiary/aromatic N) is 3. The van der Waals surface area contributed by atoms with Crippen LogP contribution in [-0.4, -0.2) is 57.7 Å². The number of rotatable bonds is 0. The van der Waals surface area contributed by atoms with Gasteiger partial charge in [-0.2, -0.15) is 4.98 Å². The summed E-state index contributed by atoms with van der Waals surface area (Å²) in [5, 5.41) is 0. The molecule has 7 heteroatoms. The fourth-order valence-corrected chi connectivity index (χ4v) is 0.890. The molecule has 13 heavy (non-hydrogen) atoms. The molecule has 0 spiro atoms. The average molecular weight is 203 g/mol. The maximum absolute atomic E-state index is 11.1. The van der Waals surface area contributed by atoms with Gasteiger partial charge in [0.1, 0.15) is 0 Å². The minimum absolute atomic E-state index is 0. The van der Waals surface area contributed by atoms with Crippen LogP contribution in [0.15, 0.2) is 17.2 Å². The fourth-order valence-electron chi connectivity index (χ4n) is 0.890. The Morgan fingerprint density at radius 2 is 2.00 bits per heavy atom. The molecule has 2 aromatic rings. The summed E-state index contributed by atoms with van der Waals surface area (Å²) in [5.74, 6) is 0.0491. The molecule has 0 aromatic carbocycles. The summed E-state index contributed by atoms with van der Waals surface area (Å²) in [7, 11) is 0. The van der Waals surface area contributed by atoms with E-state index in [4.69, 9.17) is 5.73 Å². The van der Waals surface area contributed by atoms with Gasteiger partial charge in [0.2, 0.25) is 5.95 Å². The third kappa shape index (κ3) is 1.96. The molecular formula is C6H5CaN5O. The van der Waals surface area contributed by atoms with Gasteiger partial charge in [-0.1, -0.05) is 0 Å². The molecule has 62 valence electrons. The molecule has 3 N–H and O–H groups in total. The van der Waals surface area contributed by atoms with Crippen molar-refractivity contribution in [3.63, 3.8) is 0 Å². The van der Waals surface area contributed by atoms with E-state index in [1.165, 1.54) is 12.4 Å². The van der Waals surface area contributed by atoms with Gasteiger partial charge < -0.3 is 5.73 Å². The van der Waals surface area contributed by atoms with Crippen LogP contribution in [0, 0.1) is 0 Å². The van der Waals surface area contributed by atoms with Gasteiger partial charge in [0, 0.05) is 50.1 Å². The summed E-state index contributed by atoms with van der Waals surface area (Å²) in [6, 6.07) is 0. The molecule has 0 bridgehead atoms. The predicted octanol–water partition coefficient (Wildman–Crippen LogP) is -1.09. The molecule has 2 aromatic heterocycles. The van der Waals surface area contributed by atoms with Crippen molar-refractivity contribution in [1.82, 2.24) is 19.9 Å². The second kappa shape index (κ2) is 3.99. The fraction of sp³-hybridized carbons (Fsp3) is 0.